The fraction of sp³-hybridized carbons (Fsp3) is 0.609. The number of aryl methyl sites for hydroxylation is 1. The smallest absolute Gasteiger partial charge is 0.320 e. The van der Waals surface area contributed by atoms with Crippen molar-refractivity contribution in [3.63, 3.8) is 0 Å². The molecule has 0 aromatic heterocycles. The minimum atomic E-state index is -0.826. The number of nitrogens with zero attached hydrogens (tertiary/aromatic N) is 3. The standard InChI is InChI=1S/C23H31N3O3/c1-3-16-5-7-18(8-6-16)19-13-20(22(27)28)21(4-2)26(15-19)23(29)25-11-9-17(14-24)10-12-25/h5-8,17,19-21H,3-4,9-13,15H2,1-2H3,(H,27,28). The number of aliphatic carboxylic acids is 1. The first kappa shape index (κ1) is 21.2. The SMILES string of the molecule is CCc1ccc(C2CC(C(=O)O)C(CC)N(C(=O)N3CCC(C#N)CC3)C2)cc1. The molecular formula is C23H31N3O3. The predicted octanol–water partition coefficient (Wildman–Crippen LogP) is 3.87. The largest absolute Gasteiger partial charge is 0.481 e. The van der Waals surface area contributed by atoms with Crippen LogP contribution in [0.1, 0.15) is 56.6 Å². The Bertz CT molecular complexity index is 763. The molecule has 2 aliphatic heterocycles. The van der Waals surface area contributed by atoms with E-state index in [4.69, 9.17) is 5.26 Å². The summed E-state index contributed by atoms with van der Waals surface area (Å²) in [5.41, 5.74) is 2.35. The van der Waals surface area contributed by atoms with Gasteiger partial charge < -0.3 is 14.9 Å². The lowest BCUT2D eigenvalue weighted by Crippen LogP contribution is -2.57. The molecule has 6 heteroatoms. The van der Waals surface area contributed by atoms with Gasteiger partial charge in [-0.1, -0.05) is 38.1 Å². The molecule has 0 bridgehead atoms. The van der Waals surface area contributed by atoms with Crippen LogP contribution in [0.4, 0.5) is 4.79 Å². The summed E-state index contributed by atoms with van der Waals surface area (Å²) in [6, 6.07) is 10.3. The molecule has 3 atom stereocenters. The number of piperidine rings is 2. The average Bonchev–Trinajstić information content (AvgIpc) is 2.77. The molecule has 1 aromatic carbocycles. The Balaban J connectivity index is 1.83. The normalized spacial score (nSPS) is 25.5. The van der Waals surface area contributed by atoms with Crippen LogP contribution in [0.15, 0.2) is 24.3 Å². The zero-order chi connectivity index (χ0) is 21.0. The number of rotatable bonds is 4. The minimum absolute atomic E-state index is 0.0129. The van der Waals surface area contributed by atoms with Gasteiger partial charge in [0.25, 0.3) is 0 Å². The Labute approximate surface area is 173 Å². The Kier molecular flexibility index (Phi) is 6.79. The molecule has 6 nitrogen and oxygen atoms in total. The van der Waals surface area contributed by atoms with E-state index in [2.05, 4.69) is 37.3 Å². The van der Waals surface area contributed by atoms with E-state index in [1.165, 1.54) is 5.56 Å². The van der Waals surface area contributed by atoms with Gasteiger partial charge in [0.1, 0.15) is 0 Å². The number of amides is 2. The molecule has 1 aromatic rings. The van der Waals surface area contributed by atoms with E-state index < -0.39 is 11.9 Å². The molecule has 156 valence electrons. The van der Waals surface area contributed by atoms with Gasteiger partial charge >= 0.3 is 12.0 Å². The fourth-order valence-corrected chi connectivity index (χ4v) is 4.77. The van der Waals surface area contributed by atoms with Crippen molar-refractivity contribution in [2.75, 3.05) is 19.6 Å². The van der Waals surface area contributed by atoms with Crippen molar-refractivity contribution >= 4 is 12.0 Å². The number of urea groups is 1. The van der Waals surface area contributed by atoms with Crippen LogP contribution < -0.4 is 0 Å². The van der Waals surface area contributed by atoms with E-state index in [-0.39, 0.29) is 23.9 Å². The Morgan fingerprint density at radius 1 is 1.17 bits per heavy atom. The third-order valence-corrected chi connectivity index (χ3v) is 6.61. The number of hydrogen-bond donors (Lipinski definition) is 1. The van der Waals surface area contributed by atoms with E-state index >= 15 is 0 Å². The van der Waals surface area contributed by atoms with Gasteiger partial charge in [-0.15, -0.1) is 0 Å². The second-order valence-corrected chi connectivity index (χ2v) is 8.27. The van der Waals surface area contributed by atoms with Gasteiger partial charge in [0.05, 0.1) is 12.0 Å². The van der Waals surface area contributed by atoms with Crippen LogP contribution >= 0.6 is 0 Å². The molecule has 1 N–H and O–H groups in total. The highest BCUT2D eigenvalue weighted by atomic mass is 16.4. The number of carboxylic acid groups (broad SMARTS) is 1. The lowest BCUT2D eigenvalue weighted by atomic mass is 9.79. The Morgan fingerprint density at radius 2 is 1.83 bits per heavy atom. The molecule has 3 rings (SSSR count). The molecule has 3 unspecified atom stereocenters. The van der Waals surface area contributed by atoms with Crippen molar-refractivity contribution in [1.82, 2.24) is 9.80 Å². The van der Waals surface area contributed by atoms with Crippen molar-refractivity contribution in [3.8, 4) is 6.07 Å². The number of benzene rings is 1. The van der Waals surface area contributed by atoms with Crippen molar-refractivity contribution in [3.05, 3.63) is 35.4 Å². The Morgan fingerprint density at radius 3 is 2.34 bits per heavy atom. The zero-order valence-corrected chi connectivity index (χ0v) is 17.4. The summed E-state index contributed by atoms with van der Waals surface area (Å²) >= 11 is 0. The van der Waals surface area contributed by atoms with Crippen molar-refractivity contribution in [1.29, 1.82) is 5.26 Å². The van der Waals surface area contributed by atoms with Crippen molar-refractivity contribution in [2.24, 2.45) is 11.8 Å². The van der Waals surface area contributed by atoms with Crippen LogP contribution in [0.2, 0.25) is 0 Å². The maximum Gasteiger partial charge on any atom is 0.320 e. The molecular weight excluding hydrogens is 366 g/mol. The lowest BCUT2D eigenvalue weighted by Gasteiger charge is -2.45. The van der Waals surface area contributed by atoms with Gasteiger partial charge in [-0.2, -0.15) is 5.26 Å². The van der Waals surface area contributed by atoms with Crippen LogP contribution in [-0.4, -0.2) is 52.6 Å². The van der Waals surface area contributed by atoms with Crippen molar-refractivity contribution < 1.29 is 14.7 Å². The van der Waals surface area contributed by atoms with Gasteiger partial charge in [0, 0.05) is 37.5 Å². The van der Waals surface area contributed by atoms with E-state index in [1.807, 2.05) is 6.92 Å². The maximum atomic E-state index is 13.3. The molecule has 2 aliphatic rings. The zero-order valence-electron chi connectivity index (χ0n) is 17.4. The topological polar surface area (TPSA) is 84.6 Å². The number of likely N-dealkylation sites (tertiary alicyclic amines) is 2. The second-order valence-electron chi connectivity index (χ2n) is 8.27. The summed E-state index contributed by atoms with van der Waals surface area (Å²) in [4.78, 5) is 29.0. The molecule has 2 saturated heterocycles. The maximum absolute atomic E-state index is 13.3. The first-order chi connectivity index (χ1) is 14.0. The van der Waals surface area contributed by atoms with Crippen LogP contribution in [-0.2, 0) is 11.2 Å². The number of carbonyl (C=O) groups excluding carboxylic acids is 1. The quantitative estimate of drug-likeness (QED) is 0.836. The molecule has 0 saturated carbocycles. The lowest BCUT2D eigenvalue weighted by molar-refractivity contribution is -0.145. The summed E-state index contributed by atoms with van der Waals surface area (Å²) in [6.07, 6.45) is 3.52. The van der Waals surface area contributed by atoms with Gasteiger partial charge in [-0.25, -0.2) is 4.79 Å². The number of nitriles is 1. The van der Waals surface area contributed by atoms with E-state index in [0.717, 1.165) is 12.0 Å². The second kappa shape index (κ2) is 9.30. The minimum Gasteiger partial charge on any atom is -0.481 e. The highest BCUT2D eigenvalue weighted by molar-refractivity contribution is 5.78. The highest BCUT2D eigenvalue weighted by Crippen LogP contribution is 2.36. The number of hydrogen-bond acceptors (Lipinski definition) is 3. The van der Waals surface area contributed by atoms with Gasteiger partial charge in [-0.3, -0.25) is 4.79 Å². The monoisotopic (exact) mass is 397 g/mol. The van der Waals surface area contributed by atoms with Gasteiger partial charge in [-0.05, 0) is 43.2 Å². The third-order valence-electron chi connectivity index (χ3n) is 6.61. The molecule has 29 heavy (non-hydrogen) atoms. The fourth-order valence-electron chi connectivity index (χ4n) is 4.77. The van der Waals surface area contributed by atoms with Crippen LogP contribution in [0.25, 0.3) is 0 Å². The van der Waals surface area contributed by atoms with E-state index in [9.17, 15) is 14.7 Å². The van der Waals surface area contributed by atoms with Gasteiger partial charge in [0.2, 0.25) is 0 Å². The summed E-state index contributed by atoms with van der Waals surface area (Å²) in [5, 5.41) is 19.0. The summed E-state index contributed by atoms with van der Waals surface area (Å²) in [6.45, 7) is 5.75. The number of carbonyl (C=O) groups is 2. The summed E-state index contributed by atoms with van der Waals surface area (Å²) in [5.74, 6) is -1.36. The van der Waals surface area contributed by atoms with Crippen molar-refractivity contribution in [2.45, 2.75) is 57.9 Å². The first-order valence-corrected chi connectivity index (χ1v) is 10.7. The molecule has 0 spiro atoms. The van der Waals surface area contributed by atoms with Gasteiger partial charge in [0.15, 0.2) is 0 Å². The average molecular weight is 398 g/mol. The van der Waals surface area contributed by atoms with E-state index in [1.54, 1.807) is 9.80 Å². The van der Waals surface area contributed by atoms with Crippen LogP contribution in [0, 0.1) is 23.2 Å². The molecule has 0 aliphatic carbocycles. The Hall–Kier alpha value is -2.55. The first-order valence-electron chi connectivity index (χ1n) is 10.7. The molecule has 2 heterocycles. The van der Waals surface area contributed by atoms with Crippen LogP contribution in [0.3, 0.4) is 0 Å². The molecule has 0 radical (unpaired) electrons. The number of carboxylic acids is 1. The third kappa shape index (κ3) is 4.55. The molecule has 2 fully saturated rings. The summed E-state index contributed by atoms with van der Waals surface area (Å²) in [7, 11) is 0. The molecule has 2 amide bonds. The summed E-state index contributed by atoms with van der Waals surface area (Å²) < 4.78 is 0. The van der Waals surface area contributed by atoms with E-state index in [0.29, 0.717) is 45.3 Å². The predicted molar refractivity (Wildman–Crippen MR) is 110 cm³/mol. The van der Waals surface area contributed by atoms with Crippen LogP contribution in [0.5, 0.6) is 0 Å². The highest BCUT2D eigenvalue weighted by Gasteiger charge is 2.43.